The number of aromatic hydroxyl groups is 1. The molecule has 4 rings (SSSR count). The number of ether oxygens (including phenoxy) is 1. The number of carboxylic acid groups (broad SMARTS) is 1. The summed E-state index contributed by atoms with van der Waals surface area (Å²) < 4.78 is 10.6. The van der Waals surface area contributed by atoms with Gasteiger partial charge in [-0.15, -0.1) is 0 Å². The van der Waals surface area contributed by atoms with Gasteiger partial charge in [0.25, 0.3) is 0 Å². The number of phenols is 1. The molecule has 0 amide bonds. The van der Waals surface area contributed by atoms with Crippen LogP contribution in [0.2, 0.25) is 5.02 Å². The van der Waals surface area contributed by atoms with Crippen LogP contribution in [0.25, 0.3) is 22.2 Å². The summed E-state index contributed by atoms with van der Waals surface area (Å²) in [4.78, 5) is 11.0. The standard InChI is InChI=1S/C16H10ClNO5.K/c17-12-14-8(6-11(22-14)16(20)21)5-10-13(18-23-15(10)12)7-1-3-9(19)4-2-7;/h1-5,11,19H,6H2,(H,20,21);/q;+1/p-1. The largest absolute Gasteiger partial charge is 1.00 e. The Kier molecular flexibility index (Phi) is 4.92. The Morgan fingerprint density at radius 2 is 2.04 bits per heavy atom. The van der Waals surface area contributed by atoms with Crippen LogP contribution >= 0.6 is 11.6 Å². The zero-order valence-electron chi connectivity index (χ0n) is 12.6. The van der Waals surface area contributed by atoms with Crippen LogP contribution in [0.3, 0.4) is 0 Å². The van der Waals surface area contributed by atoms with Crippen molar-refractivity contribution >= 4 is 28.5 Å². The number of phenolic OH excluding ortho intramolecular Hbond substituents is 1. The van der Waals surface area contributed by atoms with E-state index >= 15 is 0 Å². The summed E-state index contributed by atoms with van der Waals surface area (Å²) in [7, 11) is 0. The Morgan fingerprint density at radius 1 is 1.33 bits per heavy atom. The fraction of sp³-hybridized carbons (Fsp3) is 0.125. The van der Waals surface area contributed by atoms with Crippen molar-refractivity contribution in [3.8, 4) is 22.8 Å². The minimum atomic E-state index is -1.29. The van der Waals surface area contributed by atoms with Crippen molar-refractivity contribution in [3.05, 3.63) is 40.9 Å². The normalized spacial score (nSPS) is 15.6. The van der Waals surface area contributed by atoms with Gasteiger partial charge in [0.1, 0.15) is 28.3 Å². The Bertz CT molecular complexity index is 938. The molecule has 1 N–H and O–H groups in total. The summed E-state index contributed by atoms with van der Waals surface area (Å²) >= 11 is 6.27. The summed E-state index contributed by atoms with van der Waals surface area (Å²) in [6.07, 6.45) is -0.882. The smallest absolute Gasteiger partial charge is 0.546 e. The van der Waals surface area contributed by atoms with Crippen LogP contribution in [-0.2, 0) is 11.2 Å². The number of carbonyl (C=O) groups excluding carboxylic acids is 1. The quantitative estimate of drug-likeness (QED) is 0.577. The van der Waals surface area contributed by atoms with E-state index in [-0.39, 0.29) is 68.6 Å². The molecular weight excluding hydrogens is 361 g/mol. The first-order chi connectivity index (χ1) is 11.0. The van der Waals surface area contributed by atoms with Crippen molar-refractivity contribution in [3.63, 3.8) is 0 Å². The van der Waals surface area contributed by atoms with Crippen molar-refractivity contribution in [1.82, 2.24) is 5.16 Å². The molecular formula is C16H9ClKNO5. The van der Waals surface area contributed by atoms with Gasteiger partial charge in [-0.25, -0.2) is 0 Å². The second-order valence-electron chi connectivity index (χ2n) is 5.26. The first-order valence-electron chi connectivity index (χ1n) is 6.82. The van der Waals surface area contributed by atoms with Crippen LogP contribution in [-0.4, -0.2) is 22.3 Å². The number of rotatable bonds is 2. The van der Waals surface area contributed by atoms with Crippen molar-refractivity contribution in [2.45, 2.75) is 12.5 Å². The maximum absolute atomic E-state index is 11.0. The molecule has 0 fully saturated rings. The summed E-state index contributed by atoms with van der Waals surface area (Å²) in [6, 6.07) is 8.25. The molecule has 1 aromatic heterocycles. The number of halogens is 1. The molecule has 24 heavy (non-hydrogen) atoms. The average Bonchev–Trinajstić information content (AvgIpc) is 3.13. The number of nitrogens with zero attached hydrogens (tertiary/aromatic N) is 1. The molecule has 0 saturated carbocycles. The average molecular weight is 370 g/mol. The monoisotopic (exact) mass is 369 g/mol. The van der Waals surface area contributed by atoms with Crippen LogP contribution in [0, 0.1) is 0 Å². The van der Waals surface area contributed by atoms with E-state index in [2.05, 4.69) is 5.16 Å². The van der Waals surface area contributed by atoms with Gasteiger partial charge in [-0.1, -0.05) is 16.8 Å². The summed E-state index contributed by atoms with van der Waals surface area (Å²) in [5.41, 5.74) is 2.29. The second-order valence-corrected chi connectivity index (χ2v) is 5.64. The number of aliphatic carboxylic acids is 1. The number of hydrogen-bond donors (Lipinski definition) is 1. The van der Waals surface area contributed by atoms with E-state index < -0.39 is 12.1 Å². The summed E-state index contributed by atoms with van der Waals surface area (Å²) in [6.45, 7) is 0. The molecule has 1 aliphatic rings. The maximum Gasteiger partial charge on any atom is 1.00 e. The van der Waals surface area contributed by atoms with Crippen LogP contribution < -0.4 is 61.2 Å². The molecule has 1 unspecified atom stereocenters. The van der Waals surface area contributed by atoms with E-state index in [4.69, 9.17) is 20.9 Å². The molecule has 0 spiro atoms. The third-order valence-corrected chi connectivity index (χ3v) is 4.15. The van der Waals surface area contributed by atoms with E-state index in [0.29, 0.717) is 28.0 Å². The minimum Gasteiger partial charge on any atom is -0.546 e. The predicted octanol–water partition coefficient (Wildman–Crippen LogP) is -1.09. The second kappa shape index (κ2) is 6.66. The van der Waals surface area contributed by atoms with E-state index in [0.717, 1.165) is 5.56 Å². The number of carbonyl (C=O) groups is 1. The van der Waals surface area contributed by atoms with Crippen molar-refractivity contribution in [2.24, 2.45) is 0 Å². The molecule has 0 radical (unpaired) electrons. The molecule has 0 aliphatic carbocycles. The fourth-order valence-corrected chi connectivity index (χ4v) is 3.00. The molecule has 0 saturated heterocycles. The summed E-state index contributed by atoms with van der Waals surface area (Å²) in [5, 5.41) is 25.2. The number of carboxylic acids is 1. The molecule has 8 heteroatoms. The zero-order valence-corrected chi connectivity index (χ0v) is 16.5. The van der Waals surface area contributed by atoms with Crippen LogP contribution in [0.4, 0.5) is 0 Å². The van der Waals surface area contributed by atoms with Gasteiger partial charge in [0.2, 0.25) is 0 Å². The third-order valence-electron chi connectivity index (χ3n) is 3.81. The van der Waals surface area contributed by atoms with Crippen LogP contribution in [0.15, 0.2) is 34.9 Å². The van der Waals surface area contributed by atoms with Gasteiger partial charge in [0.15, 0.2) is 5.58 Å². The number of aromatic nitrogens is 1. The van der Waals surface area contributed by atoms with Gasteiger partial charge in [-0.3, -0.25) is 0 Å². The number of benzene rings is 2. The van der Waals surface area contributed by atoms with Gasteiger partial charge in [0.05, 0.1) is 11.4 Å². The van der Waals surface area contributed by atoms with Crippen LogP contribution in [0.1, 0.15) is 5.56 Å². The van der Waals surface area contributed by atoms with E-state index in [1.807, 2.05) is 0 Å². The van der Waals surface area contributed by atoms with Crippen molar-refractivity contribution in [1.29, 1.82) is 0 Å². The molecule has 0 bridgehead atoms. The van der Waals surface area contributed by atoms with Crippen LogP contribution in [0.5, 0.6) is 11.5 Å². The third kappa shape index (κ3) is 2.85. The maximum atomic E-state index is 11.0. The Balaban J connectivity index is 0.00000169. The van der Waals surface area contributed by atoms with E-state index in [1.54, 1.807) is 30.3 Å². The van der Waals surface area contributed by atoms with Gasteiger partial charge < -0.3 is 24.3 Å². The molecule has 3 aromatic rings. The summed E-state index contributed by atoms with van der Waals surface area (Å²) in [5.74, 6) is -0.849. The fourth-order valence-electron chi connectivity index (χ4n) is 2.69. The van der Waals surface area contributed by atoms with Gasteiger partial charge in [-0.05, 0) is 30.3 Å². The van der Waals surface area contributed by atoms with Crippen molar-refractivity contribution in [2.75, 3.05) is 0 Å². The molecule has 6 nitrogen and oxygen atoms in total. The van der Waals surface area contributed by atoms with Gasteiger partial charge >= 0.3 is 51.4 Å². The molecule has 2 heterocycles. The Hall–Kier alpha value is -1.09. The predicted molar refractivity (Wildman–Crippen MR) is 79.2 cm³/mol. The topological polar surface area (TPSA) is 95.6 Å². The molecule has 1 aliphatic heterocycles. The molecule has 116 valence electrons. The number of fused-ring (bicyclic) bond motifs is 2. The SMILES string of the molecule is O=C([O-])C1Cc2cc3c(-c4ccc(O)cc4)noc3c(Cl)c2O1.[K+]. The van der Waals surface area contributed by atoms with Gasteiger partial charge in [0, 0.05) is 17.5 Å². The Morgan fingerprint density at radius 3 is 2.71 bits per heavy atom. The van der Waals surface area contributed by atoms with E-state index in [1.165, 1.54) is 0 Å². The first-order valence-corrected chi connectivity index (χ1v) is 7.20. The van der Waals surface area contributed by atoms with Gasteiger partial charge in [-0.2, -0.15) is 0 Å². The van der Waals surface area contributed by atoms with E-state index in [9.17, 15) is 15.0 Å². The number of hydrogen-bond acceptors (Lipinski definition) is 6. The Labute approximate surface area is 183 Å². The zero-order chi connectivity index (χ0) is 16.1. The first kappa shape index (κ1) is 17.7. The van der Waals surface area contributed by atoms with Crippen molar-refractivity contribution < 1.29 is 75.7 Å². The minimum absolute atomic E-state index is 0. The molecule has 1 atom stereocenters. The molecule has 2 aromatic carbocycles.